The minimum absolute atomic E-state index is 0.129. The molecule has 3 aromatic rings. The molecule has 1 amide bonds. The van der Waals surface area contributed by atoms with Crippen molar-refractivity contribution in [2.45, 2.75) is 24.3 Å². The fourth-order valence-electron chi connectivity index (χ4n) is 3.81. The number of anilines is 1. The van der Waals surface area contributed by atoms with Gasteiger partial charge in [-0.15, -0.1) is 17.9 Å². The summed E-state index contributed by atoms with van der Waals surface area (Å²) in [7, 11) is -3.77. The molecular formula is C24H24N2O3S2. The highest BCUT2D eigenvalue weighted by Gasteiger charge is 2.29. The number of rotatable bonds is 7. The summed E-state index contributed by atoms with van der Waals surface area (Å²) >= 11 is 1.58. The molecule has 1 aliphatic heterocycles. The van der Waals surface area contributed by atoms with Crippen LogP contribution in [0.25, 0.3) is 0 Å². The molecule has 0 radical (unpaired) electrons. The molecule has 4 rings (SSSR count). The molecule has 0 unspecified atom stereocenters. The van der Waals surface area contributed by atoms with E-state index < -0.39 is 10.0 Å². The molecule has 7 heteroatoms. The lowest BCUT2D eigenvalue weighted by atomic mass is 10.0. The maximum atomic E-state index is 13.5. The molecule has 0 atom stereocenters. The Hall–Kier alpha value is -2.90. The van der Waals surface area contributed by atoms with Crippen LogP contribution >= 0.6 is 11.3 Å². The van der Waals surface area contributed by atoms with Crippen molar-refractivity contribution < 1.29 is 13.2 Å². The number of fused-ring (bicyclic) bond motifs is 1. The van der Waals surface area contributed by atoms with Gasteiger partial charge in [-0.05, 0) is 54.1 Å². The highest BCUT2D eigenvalue weighted by Crippen LogP contribution is 2.32. The predicted octanol–water partition coefficient (Wildman–Crippen LogP) is 4.72. The second kappa shape index (κ2) is 9.08. The lowest BCUT2D eigenvalue weighted by molar-refractivity contribution is 0.0764. The van der Waals surface area contributed by atoms with Gasteiger partial charge in [-0.3, -0.25) is 9.10 Å². The van der Waals surface area contributed by atoms with Crippen LogP contribution in [0.15, 0.2) is 83.6 Å². The molecule has 160 valence electrons. The molecule has 1 aromatic heterocycles. The summed E-state index contributed by atoms with van der Waals surface area (Å²) in [6.45, 7) is 5.02. The molecule has 0 saturated carbocycles. The molecule has 1 aliphatic rings. The first-order valence-electron chi connectivity index (χ1n) is 10.1. The van der Waals surface area contributed by atoms with E-state index in [0.717, 1.165) is 29.0 Å². The second-order valence-electron chi connectivity index (χ2n) is 7.39. The quantitative estimate of drug-likeness (QED) is 0.488. The zero-order chi connectivity index (χ0) is 21.8. The van der Waals surface area contributed by atoms with Gasteiger partial charge in [0.2, 0.25) is 0 Å². The number of carbonyl (C=O) groups excluding carboxylic acids is 1. The Morgan fingerprint density at radius 2 is 1.97 bits per heavy atom. The molecule has 0 spiro atoms. The van der Waals surface area contributed by atoms with Crippen molar-refractivity contribution in [3.63, 3.8) is 0 Å². The van der Waals surface area contributed by atoms with Crippen LogP contribution in [0.5, 0.6) is 0 Å². The van der Waals surface area contributed by atoms with Crippen molar-refractivity contribution in [2.24, 2.45) is 0 Å². The van der Waals surface area contributed by atoms with E-state index in [4.69, 9.17) is 0 Å². The number of sulfonamides is 1. The first-order valence-corrected chi connectivity index (χ1v) is 12.5. The molecule has 0 aliphatic carbocycles. The van der Waals surface area contributed by atoms with Crippen LogP contribution in [-0.2, 0) is 23.0 Å². The van der Waals surface area contributed by atoms with Gasteiger partial charge in [0.1, 0.15) is 0 Å². The van der Waals surface area contributed by atoms with Crippen molar-refractivity contribution in [1.29, 1.82) is 0 Å². The van der Waals surface area contributed by atoms with Crippen LogP contribution in [0.2, 0.25) is 0 Å². The van der Waals surface area contributed by atoms with Crippen LogP contribution in [0.1, 0.15) is 27.2 Å². The van der Waals surface area contributed by atoms with E-state index in [1.54, 1.807) is 40.5 Å². The predicted molar refractivity (Wildman–Crippen MR) is 125 cm³/mol. The van der Waals surface area contributed by atoms with Gasteiger partial charge in [-0.25, -0.2) is 8.42 Å². The van der Waals surface area contributed by atoms with Crippen LogP contribution in [-0.4, -0.2) is 32.3 Å². The van der Waals surface area contributed by atoms with Gasteiger partial charge < -0.3 is 4.90 Å². The highest BCUT2D eigenvalue weighted by molar-refractivity contribution is 7.92. The topological polar surface area (TPSA) is 57.7 Å². The fourth-order valence-corrected chi connectivity index (χ4v) is 6.12. The number of amides is 1. The molecule has 0 bridgehead atoms. The number of carbonyl (C=O) groups is 1. The standard InChI is InChI=1S/C24H24N2O3S2/c1-2-14-25(18-21-11-7-16-30-21)24(27)20-9-5-12-22(17-20)31(28,29)26-15-6-10-19-8-3-4-13-23(19)26/h2-5,7-9,11-13,16-17H,1,6,10,14-15,18H2. The average Bonchev–Trinajstić information content (AvgIpc) is 3.31. The Balaban J connectivity index is 1.64. The normalized spacial score (nSPS) is 13.5. The molecule has 5 nitrogen and oxygen atoms in total. The average molecular weight is 453 g/mol. The third-order valence-corrected chi connectivity index (χ3v) is 7.97. The number of benzene rings is 2. The lowest BCUT2D eigenvalue weighted by Crippen LogP contribution is -2.35. The minimum atomic E-state index is -3.77. The van der Waals surface area contributed by atoms with E-state index in [1.165, 1.54) is 10.4 Å². The lowest BCUT2D eigenvalue weighted by Gasteiger charge is -2.30. The van der Waals surface area contributed by atoms with Crippen LogP contribution in [0, 0.1) is 0 Å². The monoisotopic (exact) mass is 452 g/mol. The summed E-state index contributed by atoms with van der Waals surface area (Å²) < 4.78 is 28.4. The maximum absolute atomic E-state index is 13.5. The summed E-state index contributed by atoms with van der Waals surface area (Å²) in [5.41, 5.74) is 2.10. The summed E-state index contributed by atoms with van der Waals surface area (Å²) in [6, 6.07) is 17.8. The zero-order valence-electron chi connectivity index (χ0n) is 17.1. The summed E-state index contributed by atoms with van der Waals surface area (Å²) in [5.74, 6) is -0.218. The number of para-hydroxylation sites is 1. The van der Waals surface area contributed by atoms with Crippen LogP contribution in [0.3, 0.4) is 0 Å². The summed E-state index contributed by atoms with van der Waals surface area (Å²) in [5, 5.41) is 1.97. The molecular weight excluding hydrogens is 428 g/mol. The minimum Gasteiger partial charge on any atom is -0.330 e. The number of nitrogens with zero attached hydrogens (tertiary/aromatic N) is 2. The first-order chi connectivity index (χ1) is 15.0. The molecule has 0 saturated heterocycles. The number of hydrogen-bond acceptors (Lipinski definition) is 4. The molecule has 31 heavy (non-hydrogen) atoms. The molecule has 0 fully saturated rings. The van der Waals surface area contributed by atoms with Gasteiger partial charge in [-0.1, -0.05) is 36.4 Å². The summed E-state index contributed by atoms with van der Waals surface area (Å²) in [6.07, 6.45) is 3.31. The van der Waals surface area contributed by atoms with Crippen molar-refractivity contribution in [3.05, 3.63) is 94.7 Å². The van der Waals surface area contributed by atoms with Crippen molar-refractivity contribution in [1.82, 2.24) is 4.90 Å². The first kappa shape index (κ1) is 21.3. The van der Waals surface area contributed by atoms with Gasteiger partial charge >= 0.3 is 0 Å². The Morgan fingerprint density at radius 1 is 1.13 bits per heavy atom. The number of thiophene rings is 1. The van der Waals surface area contributed by atoms with Gasteiger partial charge in [0, 0.05) is 23.5 Å². The number of aryl methyl sites for hydroxylation is 1. The van der Waals surface area contributed by atoms with E-state index in [0.29, 0.717) is 25.2 Å². The Labute approximate surface area is 187 Å². The molecule has 2 heterocycles. The smallest absolute Gasteiger partial charge is 0.264 e. The third-order valence-electron chi connectivity index (χ3n) is 5.30. The van der Waals surface area contributed by atoms with E-state index in [-0.39, 0.29) is 10.8 Å². The Morgan fingerprint density at radius 3 is 2.74 bits per heavy atom. The number of hydrogen-bond donors (Lipinski definition) is 0. The van der Waals surface area contributed by atoms with Crippen LogP contribution < -0.4 is 4.31 Å². The fraction of sp³-hybridized carbons (Fsp3) is 0.208. The van der Waals surface area contributed by atoms with E-state index in [2.05, 4.69) is 6.58 Å². The van der Waals surface area contributed by atoms with E-state index in [1.807, 2.05) is 41.8 Å². The van der Waals surface area contributed by atoms with Crippen LogP contribution in [0.4, 0.5) is 5.69 Å². The van der Waals surface area contributed by atoms with Gasteiger partial charge in [0.25, 0.3) is 15.9 Å². The van der Waals surface area contributed by atoms with Gasteiger partial charge in [0.05, 0.1) is 17.1 Å². The van der Waals surface area contributed by atoms with E-state index in [9.17, 15) is 13.2 Å². The second-order valence-corrected chi connectivity index (χ2v) is 10.3. The molecule has 2 aromatic carbocycles. The van der Waals surface area contributed by atoms with Gasteiger partial charge in [-0.2, -0.15) is 0 Å². The Bertz CT molecular complexity index is 1190. The van der Waals surface area contributed by atoms with Crippen molar-refractivity contribution in [2.75, 3.05) is 17.4 Å². The highest BCUT2D eigenvalue weighted by atomic mass is 32.2. The zero-order valence-corrected chi connectivity index (χ0v) is 18.7. The largest absolute Gasteiger partial charge is 0.330 e. The maximum Gasteiger partial charge on any atom is 0.264 e. The SMILES string of the molecule is C=CCN(Cc1cccs1)C(=O)c1cccc(S(=O)(=O)N2CCCc3ccccc32)c1. The molecule has 0 N–H and O–H groups in total. The van der Waals surface area contributed by atoms with Crippen molar-refractivity contribution in [3.8, 4) is 0 Å². The summed E-state index contributed by atoms with van der Waals surface area (Å²) in [4.78, 5) is 16.0. The Kier molecular flexibility index (Phi) is 6.25. The van der Waals surface area contributed by atoms with Crippen molar-refractivity contribution >= 4 is 33.0 Å². The van der Waals surface area contributed by atoms with E-state index >= 15 is 0 Å². The third kappa shape index (κ3) is 4.43. The van der Waals surface area contributed by atoms with Gasteiger partial charge in [0.15, 0.2) is 0 Å².